The van der Waals surface area contributed by atoms with Crippen molar-refractivity contribution in [2.75, 3.05) is 18.4 Å². The van der Waals surface area contributed by atoms with Gasteiger partial charge in [0.2, 0.25) is 0 Å². The van der Waals surface area contributed by atoms with Gasteiger partial charge in [-0.2, -0.15) is 0 Å². The number of aromatic nitrogens is 1. The monoisotopic (exact) mass is 353 g/mol. The molecule has 3 heterocycles. The number of carbonyl (C=O) groups is 2. The number of likely N-dealkylation sites (tertiary alicyclic amines) is 1. The summed E-state index contributed by atoms with van der Waals surface area (Å²) >= 11 is 0. The fraction of sp³-hybridized carbons (Fsp3) is 0.450. The van der Waals surface area contributed by atoms with E-state index < -0.39 is 5.60 Å². The van der Waals surface area contributed by atoms with Crippen molar-refractivity contribution in [2.24, 2.45) is 0 Å². The Bertz CT molecular complexity index is 893. The number of piperidine rings is 1. The highest BCUT2D eigenvalue weighted by Crippen LogP contribution is 2.38. The smallest absolute Gasteiger partial charge is 0.410 e. The highest BCUT2D eigenvalue weighted by molar-refractivity contribution is 6.23. The molecule has 1 aromatic heterocycles. The average Bonchev–Trinajstić information content (AvgIpc) is 2.92. The van der Waals surface area contributed by atoms with Gasteiger partial charge in [-0.05, 0) is 57.2 Å². The number of anilines is 1. The molecule has 0 spiro atoms. The molecule has 1 N–H and O–H groups in total. The number of rotatable bonds is 1. The molecule has 0 unspecified atom stereocenters. The summed E-state index contributed by atoms with van der Waals surface area (Å²) in [4.78, 5) is 30.7. The van der Waals surface area contributed by atoms with Crippen molar-refractivity contribution >= 4 is 28.6 Å². The molecule has 0 aliphatic carbocycles. The van der Waals surface area contributed by atoms with Crippen LogP contribution in [0.1, 0.15) is 55.5 Å². The van der Waals surface area contributed by atoms with E-state index in [4.69, 9.17) is 4.74 Å². The molecule has 0 bridgehead atoms. The third-order valence-electron chi connectivity index (χ3n) is 5.00. The Kier molecular flexibility index (Phi) is 3.86. The van der Waals surface area contributed by atoms with E-state index in [1.54, 1.807) is 11.1 Å². The number of carbonyl (C=O) groups excluding carboxylic acids is 2. The van der Waals surface area contributed by atoms with Gasteiger partial charge >= 0.3 is 6.09 Å². The lowest BCUT2D eigenvalue weighted by Gasteiger charge is -2.33. The molecular weight excluding hydrogens is 330 g/mol. The van der Waals surface area contributed by atoms with Crippen LogP contribution < -0.4 is 5.32 Å². The first-order valence-corrected chi connectivity index (χ1v) is 9.04. The first kappa shape index (κ1) is 16.8. The zero-order valence-corrected chi connectivity index (χ0v) is 15.3. The predicted molar refractivity (Wildman–Crippen MR) is 99.5 cm³/mol. The van der Waals surface area contributed by atoms with Gasteiger partial charge in [0.25, 0.3) is 5.91 Å². The molecule has 4 rings (SSSR count). The fourth-order valence-electron chi connectivity index (χ4n) is 3.80. The molecule has 6 heteroatoms. The Hall–Kier alpha value is -2.63. The third kappa shape index (κ3) is 2.89. The van der Waals surface area contributed by atoms with Crippen LogP contribution in [0.3, 0.4) is 0 Å². The van der Waals surface area contributed by atoms with Gasteiger partial charge in [0.15, 0.2) is 0 Å². The van der Waals surface area contributed by atoms with Crippen LogP contribution in [0.25, 0.3) is 10.9 Å². The van der Waals surface area contributed by atoms with E-state index in [0.717, 1.165) is 35.0 Å². The number of pyridine rings is 1. The number of nitrogens with one attached hydrogen (secondary N) is 1. The van der Waals surface area contributed by atoms with E-state index >= 15 is 0 Å². The highest BCUT2D eigenvalue weighted by Gasteiger charge is 2.30. The Morgan fingerprint density at radius 3 is 2.65 bits per heavy atom. The van der Waals surface area contributed by atoms with Crippen LogP contribution in [0.15, 0.2) is 24.4 Å². The predicted octanol–water partition coefficient (Wildman–Crippen LogP) is 3.92. The van der Waals surface area contributed by atoms with Crippen molar-refractivity contribution in [1.82, 2.24) is 9.88 Å². The number of ether oxygens (including phenoxy) is 1. The second kappa shape index (κ2) is 5.97. The molecule has 1 fully saturated rings. The number of benzene rings is 1. The van der Waals surface area contributed by atoms with Gasteiger partial charge in [-0.3, -0.25) is 9.78 Å². The van der Waals surface area contributed by atoms with Gasteiger partial charge < -0.3 is 15.0 Å². The van der Waals surface area contributed by atoms with Gasteiger partial charge in [0, 0.05) is 24.7 Å². The Balaban J connectivity index is 1.55. The highest BCUT2D eigenvalue weighted by atomic mass is 16.6. The second-order valence-corrected chi connectivity index (χ2v) is 7.98. The van der Waals surface area contributed by atoms with Crippen molar-refractivity contribution in [3.8, 4) is 0 Å². The zero-order chi connectivity index (χ0) is 18.5. The fourth-order valence-corrected chi connectivity index (χ4v) is 3.80. The molecule has 0 radical (unpaired) electrons. The summed E-state index contributed by atoms with van der Waals surface area (Å²) in [5, 5.41) is 3.82. The van der Waals surface area contributed by atoms with Crippen molar-refractivity contribution in [1.29, 1.82) is 0 Å². The number of hydrogen-bond donors (Lipinski definition) is 1. The molecule has 6 nitrogen and oxygen atoms in total. The SMILES string of the molecule is CC(C)(C)OC(=O)N1CCC(c2ccc3c4c(ccnc24)NC3=O)CC1. The van der Waals surface area contributed by atoms with Crippen LogP contribution >= 0.6 is 0 Å². The van der Waals surface area contributed by atoms with Crippen LogP contribution in [0.2, 0.25) is 0 Å². The zero-order valence-electron chi connectivity index (χ0n) is 15.3. The largest absolute Gasteiger partial charge is 0.444 e. The molecule has 1 saturated heterocycles. The lowest BCUT2D eigenvalue weighted by atomic mass is 9.87. The minimum atomic E-state index is -0.477. The molecule has 2 aliphatic heterocycles. The summed E-state index contributed by atoms with van der Waals surface area (Å²) in [6, 6.07) is 5.75. The van der Waals surface area contributed by atoms with Gasteiger partial charge in [-0.15, -0.1) is 0 Å². The lowest BCUT2D eigenvalue weighted by molar-refractivity contribution is 0.0205. The Labute approximate surface area is 152 Å². The van der Waals surface area contributed by atoms with Crippen molar-refractivity contribution in [3.05, 3.63) is 35.5 Å². The molecule has 26 heavy (non-hydrogen) atoms. The van der Waals surface area contributed by atoms with Gasteiger partial charge in [-0.1, -0.05) is 6.07 Å². The molecule has 1 aromatic carbocycles. The van der Waals surface area contributed by atoms with Crippen LogP contribution in [-0.2, 0) is 4.74 Å². The van der Waals surface area contributed by atoms with E-state index in [2.05, 4.69) is 10.3 Å². The Morgan fingerprint density at radius 1 is 1.23 bits per heavy atom. The average molecular weight is 353 g/mol. The first-order valence-electron chi connectivity index (χ1n) is 9.04. The van der Waals surface area contributed by atoms with E-state index in [1.165, 1.54) is 0 Å². The van der Waals surface area contributed by atoms with Crippen molar-refractivity contribution in [2.45, 2.75) is 45.1 Å². The number of nitrogens with zero attached hydrogens (tertiary/aromatic N) is 2. The lowest BCUT2D eigenvalue weighted by Crippen LogP contribution is -2.41. The standard InChI is InChI=1S/C20H23N3O3/c1-20(2,3)26-19(25)23-10-7-12(8-11-23)13-4-5-14-16-15(22-18(14)24)6-9-21-17(13)16/h4-6,9,12H,7-8,10-11H2,1-3H3,(H,22,24). The minimum absolute atomic E-state index is 0.0655. The van der Waals surface area contributed by atoms with Crippen molar-refractivity contribution in [3.63, 3.8) is 0 Å². The van der Waals surface area contributed by atoms with E-state index in [0.29, 0.717) is 24.6 Å². The maximum Gasteiger partial charge on any atom is 0.410 e. The molecule has 0 saturated carbocycles. The summed E-state index contributed by atoms with van der Waals surface area (Å²) in [5.74, 6) is 0.255. The summed E-state index contributed by atoms with van der Waals surface area (Å²) < 4.78 is 5.47. The molecule has 2 aliphatic rings. The Morgan fingerprint density at radius 2 is 1.96 bits per heavy atom. The molecule has 2 aromatic rings. The quantitative estimate of drug-likeness (QED) is 0.843. The number of hydrogen-bond acceptors (Lipinski definition) is 4. The summed E-state index contributed by atoms with van der Waals surface area (Å²) in [5.41, 5.74) is 3.11. The topological polar surface area (TPSA) is 71.5 Å². The van der Waals surface area contributed by atoms with Crippen LogP contribution in [0.5, 0.6) is 0 Å². The molecule has 0 atom stereocenters. The first-order chi connectivity index (χ1) is 12.3. The summed E-state index contributed by atoms with van der Waals surface area (Å²) in [7, 11) is 0. The molecule has 2 amide bonds. The van der Waals surface area contributed by atoms with Gasteiger partial charge in [-0.25, -0.2) is 4.79 Å². The minimum Gasteiger partial charge on any atom is -0.444 e. The van der Waals surface area contributed by atoms with Crippen molar-refractivity contribution < 1.29 is 14.3 Å². The van der Waals surface area contributed by atoms with Gasteiger partial charge in [0.05, 0.1) is 16.8 Å². The third-order valence-corrected chi connectivity index (χ3v) is 5.00. The summed E-state index contributed by atoms with van der Waals surface area (Å²) in [6.07, 6.45) is 3.22. The molecular formula is C20H23N3O3. The van der Waals surface area contributed by atoms with E-state index in [9.17, 15) is 9.59 Å². The van der Waals surface area contributed by atoms with Crippen LogP contribution in [0.4, 0.5) is 10.5 Å². The normalized spacial score (nSPS) is 17.5. The number of amides is 2. The molecule has 136 valence electrons. The van der Waals surface area contributed by atoms with E-state index in [-0.39, 0.29) is 12.0 Å². The maximum atomic E-state index is 12.2. The van der Waals surface area contributed by atoms with E-state index in [1.807, 2.05) is 39.0 Å². The second-order valence-electron chi connectivity index (χ2n) is 7.98. The van der Waals surface area contributed by atoms with Crippen LogP contribution in [0, 0.1) is 0 Å². The summed E-state index contributed by atoms with van der Waals surface area (Å²) in [6.45, 7) is 6.97. The maximum absolute atomic E-state index is 12.2. The van der Waals surface area contributed by atoms with Gasteiger partial charge in [0.1, 0.15) is 5.60 Å². The van der Waals surface area contributed by atoms with Crippen LogP contribution in [-0.4, -0.2) is 40.6 Å².